The zero-order valence-corrected chi connectivity index (χ0v) is 20.5. The molecule has 2 unspecified atom stereocenters. The highest BCUT2D eigenvalue weighted by Crippen LogP contribution is 2.62. The van der Waals surface area contributed by atoms with Crippen LogP contribution < -0.4 is 10.6 Å². The van der Waals surface area contributed by atoms with Crippen LogP contribution in [0.15, 0.2) is 30.3 Å². The van der Waals surface area contributed by atoms with E-state index in [4.69, 9.17) is 10.00 Å². The van der Waals surface area contributed by atoms with Crippen molar-refractivity contribution in [2.75, 3.05) is 0 Å². The van der Waals surface area contributed by atoms with E-state index in [1.807, 2.05) is 30.3 Å². The zero-order chi connectivity index (χ0) is 24.6. The number of alkyl carbamates (subject to hydrolysis) is 1. The summed E-state index contributed by atoms with van der Waals surface area (Å²) < 4.78 is 5.53. The fourth-order valence-electron chi connectivity index (χ4n) is 7.02. The summed E-state index contributed by atoms with van der Waals surface area (Å²) >= 11 is 0. The quantitative estimate of drug-likeness (QED) is 0.551. The van der Waals surface area contributed by atoms with Gasteiger partial charge in [-0.2, -0.15) is 5.26 Å². The average Bonchev–Trinajstić information content (AvgIpc) is 2.72. The molecule has 4 atom stereocenters. The number of nitrogens with zero attached hydrogens (tertiary/aromatic N) is 1. The average molecular weight is 468 g/mol. The number of nitriles is 1. The summed E-state index contributed by atoms with van der Waals surface area (Å²) in [5.41, 5.74) is -1.04. The van der Waals surface area contributed by atoms with E-state index in [1.54, 1.807) is 20.8 Å². The SMILES string of the molecule is CC(C)(C)OC(=O)N[C@H](C(=O)N[C@H](CCC#N)c1ccccc1)C12CC3CC(CC(O)(C3)C1)C2. The summed E-state index contributed by atoms with van der Waals surface area (Å²) in [6, 6.07) is 10.6. The summed E-state index contributed by atoms with van der Waals surface area (Å²) in [5.74, 6) is 0.458. The lowest BCUT2D eigenvalue weighted by atomic mass is 9.46. The monoisotopic (exact) mass is 467 g/mol. The molecule has 1 aromatic carbocycles. The molecule has 4 aliphatic carbocycles. The van der Waals surface area contributed by atoms with Crippen LogP contribution in [-0.4, -0.2) is 34.4 Å². The van der Waals surface area contributed by atoms with Crippen molar-refractivity contribution in [3.63, 3.8) is 0 Å². The van der Waals surface area contributed by atoms with Crippen LogP contribution in [0.1, 0.15) is 83.7 Å². The Balaban J connectivity index is 1.62. The van der Waals surface area contributed by atoms with Gasteiger partial charge in [0.15, 0.2) is 0 Å². The number of hydrogen-bond acceptors (Lipinski definition) is 5. The Morgan fingerprint density at radius 3 is 2.35 bits per heavy atom. The van der Waals surface area contributed by atoms with Crippen molar-refractivity contribution in [1.29, 1.82) is 5.26 Å². The molecule has 34 heavy (non-hydrogen) atoms. The van der Waals surface area contributed by atoms with E-state index in [1.165, 1.54) is 0 Å². The van der Waals surface area contributed by atoms with Gasteiger partial charge in [0.2, 0.25) is 5.91 Å². The third kappa shape index (κ3) is 5.38. The number of amides is 2. The molecule has 2 amide bonds. The molecule has 7 nitrogen and oxygen atoms in total. The van der Waals surface area contributed by atoms with E-state index >= 15 is 0 Å². The number of carbonyl (C=O) groups excluding carboxylic acids is 2. The van der Waals surface area contributed by atoms with Crippen LogP contribution in [0.25, 0.3) is 0 Å². The number of nitrogens with one attached hydrogen (secondary N) is 2. The smallest absolute Gasteiger partial charge is 0.408 e. The zero-order valence-electron chi connectivity index (χ0n) is 20.5. The summed E-state index contributed by atoms with van der Waals surface area (Å²) in [4.78, 5) is 26.7. The van der Waals surface area contributed by atoms with Crippen molar-refractivity contribution >= 4 is 12.0 Å². The van der Waals surface area contributed by atoms with Crippen LogP contribution in [0, 0.1) is 28.6 Å². The predicted octanol–water partition coefficient (Wildman–Crippen LogP) is 4.37. The van der Waals surface area contributed by atoms with Crippen LogP contribution in [0.4, 0.5) is 4.79 Å². The summed E-state index contributed by atoms with van der Waals surface area (Å²) in [5, 5.41) is 26.5. The van der Waals surface area contributed by atoms with Crippen molar-refractivity contribution in [2.45, 2.75) is 95.4 Å². The third-order valence-corrected chi connectivity index (χ3v) is 7.67. The molecule has 4 fully saturated rings. The number of benzene rings is 1. The third-order valence-electron chi connectivity index (χ3n) is 7.67. The molecular weight excluding hydrogens is 430 g/mol. The predicted molar refractivity (Wildman–Crippen MR) is 127 cm³/mol. The molecule has 4 aliphatic rings. The lowest BCUT2D eigenvalue weighted by Crippen LogP contribution is -2.66. The van der Waals surface area contributed by atoms with Gasteiger partial charge in [0.25, 0.3) is 0 Å². The van der Waals surface area contributed by atoms with Crippen LogP contribution in [-0.2, 0) is 9.53 Å². The topological polar surface area (TPSA) is 111 Å². The Morgan fingerprint density at radius 2 is 1.79 bits per heavy atom. The van der Waals surface area contributed by atoms with Crippen LogP contribution in [0.2, 0.25) is 0 Å². The molecule has 4 saturated carbocycles. The van der Waals surface area contributed by atoms with Gasteiger partial charge in [-0.3, -0.25) is 4.79 Å². The molecule has 0 radical (unpaired) electrons. The maximum atomic E-state index is 13.9. The van der Waals surface area contributed by atoms with Crippen LogP contribution in [0.5, 0.6) is 0 Å². The Bertz CT molecular complexity index is 935. The van der Waals surface area contributed by atoms with Gasteiger partial charge in [-0.1, -0.05) is 30.3 Å². The molecule has 5 rings (SSSR count). The van der Waals surface area contributed by atoms with Gasteiger partial charge in [0, 0.05) is 11.8 Å². The largest absolute Gasteiger partial charge is 0.444 e. The maximum absolute atomic E-state index is 13.9. The number of hydrogen-bond donors (Lipinski definition) is 3. The van der Waals surface area contributed by atoms with Gasteiger partial charge in [0.1, 0.15) is 11.6 Å². The van der Waals surface area contributed by atoms with Crippen molar-refractivity contribution < 1.29 is 19.4 Å². The molecule has 0 saturated heterocycles. The first-order chi connectivity index (χ1) is 16.0. The van der Waals surface area contributed by atoms with E-state index in [0.29, 0.717) is 31.1 Å². The maximum Gasteiger partial charge on any atom is 0.408 e. The second kappa shape index (κ2) is 9.22. The lowest BCUT2D eigenvalue weighted by molar-refractivity contribution is -0.177. The Hall–Kier alpha value is -2.59. The summed E-state index contributed by atoms with van der Waals surface area (Å²) in [7, 11) is 0. The fraction of sp³-hybridized carbons (Fsp3) is 0.667. The molecule has 0 spiro atoms. The highest BCUT2D eigenvalue weighted by atomic mass is 16.6. The normalized spacial score (nSPS) is 31.3. The summed E-state index contributed by atoms with van der Waals surface area (Å²) in [6.07, 6.45) is 4.94. The molecule has 0 aromatic heterocycles. The minimum Gasteiger partial charge on any atom is -0.444 e. The van der Waals surface area contributed by atoms with Crippen molar-refractivity contribution in [3.8, 4) is 6.07 Å². The van der Waals surface area contributed by atoms with E-state index in [2.05, 4.69) is 16.7 Å². The van der Waals surface area contributed by atoms with E-state index < -0.39 is 28.8 Å². The first kappa shape index (κ1) is 24.5. The molecule has 7 heteroatoms. The molecule has 1 aromatic rings. The van der Waals surface area contributed by atoms with Gasteiger partial charge in [-0.25, -0.2) is 4.79 Å². The van der Waals surface area contributed by atoms with Gasteiger partial charge >= 0.3 is 6.09 Å². The minimum atomic E-state index is -0.812. The van der Waals surface area contributed by atoms with Gasteiger partial charge in [-0.15, -0.1) is 0 Å². The van der Waals surface area contributed by atoms with Crippen molar-refractivity contribution in [3.05, 3.63) is 35.9 Å². The second-order valence-corrected chi connectivity index (χ2v) is 11.8. The molecule has 4 bridgehead atoms. The van der Waals surface area contributed by atoms with Crippen LogP contribution in [0.3, 0.4) is 0 Å². The number of ether oxygens (including phenoxy) is 1. The second-order valence-electron chi connectivity index (χ2n) is 11.8. The molecule has 184 valence electrons. The minimum absolute atomic E-state index is 0.275. The number of rotatable bonds is 7. The highest BCUT2D eigenvalue weighted by molar-refractivity contribution is 5.87. The summed E-state index contributed by atoms with van der Waals surface area (Å²) in [6.45, 7) is 5.38. The molecular formula is C27H37N3O4. The number of carbonyl (C=O) groups is 2. The first-order valence-corrected chi connectivity index (χ1v) is 12.5. The van der Waals surface area contributed by atoms with Crippen LogP contribution >= 0.6 is 0 Å². The number of aliphatic hydroxyl groups is 1. The molecule has 0 heterocycles. The Kier molecular flexibility index (Phi) is 6.65. The fourth-order valence-corrected chi connectivity index (χ4v) is 7.02. The Labute approximate surface area is 202 Å². The lowest BCUT2D eigenvalue weighted by Gasteiger charge is -2.62. The van der Waals surface area contributed by atoms with Crippen molar-refractivity contribution in [2.24, 2.45) is 17.3 Å². The highest BCUT2D eigenvalue weighted by Gasteiger charge is 2.61. The standard InChI is InChI=1S/C27H37N3O4/c1-25(2,3)34-24(32)30-22(26-13-18-12-19(14-26)16-27(33,15-18)17-26)23(31)29-21(10-7-11-28)20-8-5-4-6-9-20/h4-6,8-9,18-19,21-22,33H,7,10,12-17H2,1-3H3,(H,29,31)(H,30,32)/t18?,19?,21-,22-,26?,27?/m1/s1. The first-order valence-electron chi connectivity index (χ1n) is 12.5. The van der Waals surface area contributed by atoms with Gasteiger partial charge in [0.05, 0.1) is 17.7 Å². The van der Waals surface area contributed by atoms with Gasteiger partial charge < -0.3 is 20.5 Å². The van der Waals surface area contributed by atoms with E-state index in [0.717, 1.165) is 37.7 Å². The van der Waals surface area contributed by atoms with E-state index in [-0.39, 0.29) is 11.9 Å². The van der Waals surface area contributed by atoms with Gasteiger partial charge in [-0.05, 0) is 83.1 Å². The van der Waals surface area contributed by atoms with E-state index in [9.17, 15) is 14.7 Å². The molecule has 3 N–H and O–H groups in total. The van der Waals surface area contributed by atoms with Crippen molar-refractivity contribution in [1.82, 2.24) is 10.6 Å². The molecule has 0 aliphatic heterocycles. The Morgan fingerprint density at radius 1 is 1.15 bits per heavy atom.